The number of hydrogen-bond acceptors (Lipinski definition) is 4. The molecule has 0 amide bonds. The molecule has 1 N–H and O–H groups in total. The van der Waals surface area contributed by atoms with Gasteiger partial charge in [-0.2, -0.15) is 0 Å². The maximum atomic E-state index is 13.4. The Morgan fingerprint density at radius 2 is 2.05 bits per heavy atom. The van der Waals surface area contributed by atoms with Gasteiger partial charge in [0, 0.05) is 17.8 Å². The largest absolute Gasteiger partial charge is 0.497 e. The molecule has 0 aromatic heterocycles. The quantitative estimate of drug-likeness (QED) is 0.669. The lowest BCUT2D eigenvalue weighted by atomic mass is 10.1. The Balaban J connectivity index is 2.22. The normalized spacial score (nSPS) is 11.8. The van der Waals surface area contributed by atoms with Crippen molar-refractivity contribution in [2.24, 2.45) is 0 Å². The summed E-state index contributed by atoms with van der Waals surface area (Å²) in [6.45, 7) is 1.88. The van der Waals surface area contributed by atoms with Crippen molar-refractivity contribution in [3.63, 3.8) is 0 Å². The van der Waals surface area contributed by atoms with E-state index in [1.165, 1.54) is 12.1 Å². The van der Waals surface area contributed by atoms with E-state index in [1.807, 2.05) is 31.2 Å². The summed E-state index contributed by atoms with van der Waals surface area (Å²) in [5, 5.41) is 13.8. The first-order valence-corrected chi connectivity index (χ1v) is 6.35. The van der Waals surface area contributed by atoms with Crippen LogP contribution in [0.5, 0.6) is 5.75 Å². The number of ether oxygens (including phenoxy) is 1. The molecule has 110 valence electrons. The van der Waals surface area contributed by atoms with Gasteiger partial charge in [0.15, 0.2) is 0 Å². The second-order valence-electron chi connectivity index (χ2n) is 4.60. The molecule has 0 fully saturated rings. The van der Waals surface area contributed by atoms with Crippen LogP contribution >= 0.6 is 0 Å². The van der Waals surface area contributed by atoms with Gasteiger partial charge in [0.2, 0.25) is 0 Å². The summed E-state index contributed by atoms with van der Waals surface area (Å²) >= 11 is 0. The van der Waals surface area contributed by atoms with Crippen molar-refractivity contribution in [2.75, 3.05) is 12.4 Å². The second kappa shape index (κ2) is 6.21. The third kappa shape index (κ3) is 3.68. The summed E-state index contributed by atoms with van der Waals surface area (Å²) in [5.41, 5.74) is 1.01. The van der Waals surface area contributed by atoms with E-state index in [2.05, 4.69) is 5.32 Å². The molecule has 2 aromatic rings. The average molecular weight is 290 g/mol. The van der Waals surface area contributed by atoms with E-state index in [0.29, 0.717) is 11.4 Å². The van der Waals surface area contributed by atoms with E-state index in [0.717, 1.165) is 11.6 Å². The molecule has 0 saturated carbocycles. The van der Waals surface area contributed by atoms with Gasteiger partial charge in [0.25, 0.3) is 5.69 Å². The number of nitro groups is 1. The lowest BCUT2D eigenvalue weighted by Crippen LogP contribution is -2.07. The zero-order valence-corrected chi connectivity index (χ0v) is 11.7. The molecule has 6 heteroatoms. The molecule has 0 bridgehead atoms. The predicted molar refractivity (Wildman–Crippen MR) is 78.1 cm³/mol. The van der Waals surface area contributed by atoms with Gasteiger partial charge in [-0.3, -0.25) is 10.1 Å². The Kier molecular flexibility index (Phi) is 4.37. The van der Waals surface area contributed by atoms with Crippen LogP contribution in [-0.2, 0) is 0 Å². The molecule has 1 atom stereocenters. The Bertz CT molecular complexity index is 661. The van der Waals surface area contributed by atoms with Crippen LogP contribution < -0.4 is 10.1 Å². The molecule has 0 aliphatic carbocycles. The van der Waals surface area contributed by atoms with E-state index >= 15 is 0 Å². The summed E-state index contributed by atoms with van der Waals surface area (Å²) in [4.78, 5) is 10.1. The summed E-state index contributed by atoms with van der Waals surface area (Å²) in [5.74, 6) is 0.0657. The summed E-state index contributed by atoms with van der Waals surface area (Å²) in [7, 11) is 1.58. The number of anilines is 1. The van der Waals surface area contributed by atoms with E-state index in [9.17, 15) is 14.5 Å². The first kappa shape index (κ1) is 14.8. The highest BCUT2D eigenvalue weighted by atomic mass is 19.1. The third-order valence-electron chi connectivity index (χ3n) is 3.07. The lowest BCUT2D eigenvalue weighted by molar-refractivity contribution is -0.385. The van der Waals surface area contributed by atoms with Gasteiger partial charge in [0.1, 0.15) is 11.6 Å². The Morgan fingerprint density at radius 3 is 2.71 bits per heavy atom. The molecule has 0 aliphatic rings. The molecule has 0 radical (unpaired) electrons. The van der Waals surface area contributed by atoms with Gasteiger partial charge < -0.3 is 10.1 Å². The first-order chi connectivity index (χ1) is 9.99. The van der Waals surface area contributed by atoms with E-state index in [-0.39, 0.29) is 11.7 Å². The fourth-order valence-electron chi connectivity index (χ4n) is 2.01. The number of halogens is 1. The molecule has 0 heterocycles. The minimum Gasteiger partial charge on any atom is -0.497 e. The zero-order chi connectivity index (χ0) is 15.4. The van der Waals surface area contributed by atoms with Crippen molar-refractivity contribution in [2.45, 2.75) is 13.0 Å². The molecule has 2 rings (SSSR count). The van der Waals surface area contributed by atoms with E-state index < -0.39 is 10.7 Å². The summed E-state index contributed by atoms with van der Waals surface area (Å²) in [6.07, 6.45) is 0. The number of benzene rings is 2. The van der Waals surface area contributed by atoms with Crippen molar-refractivity contribution in [1.82, 2.24) is 0 Å². The molecule has 0 spiro atoms. The number of methoxy groups -OCH3 is 1. The van der Waals surface area contributed by atoms with Crippen molar-refractivity contribution >= 4 is 11.4 Å². The molecule has 1 unspecified atom stereocenters. The summed E-state index contributed by atoms with van der Waals surface area (Å²) < 4.78 is 18.5. The van der Waals surface area contributed by atoms with E-state index in [1.54, 1.807) is 7.11 Å². The zero-order valence-electron chi connectivity index (χ0n) is 11.7. The highest BCUT2D eigenvalue weighted by Gasteiger charge is 2.12. The van der Waals surface area contributed by atoms with Crippen molar-refractivity contribution < 1.29 is 14.1 Å². The van der Waals surface area contributed by atoms with Crippen molar-refractivity contribution in [3.05, 3.63) is 64.0 Å². The lowest BCUT2D eigenvalue weighted by Gasteiger charge is -2.16. The maximum absolute atomic E-state index is 13.4. The van der Waals surface area contributed by atoms with Crippen LogP contribution in [0.2, 0.25) is 0 Å². The van der Waals surface area contributed by atoms with Gasteiger partial charge in [-0.25, -0.2) is 4.39 Å². The van der Waals surface area contributed by atoms with Gasteiger partial charge in [-0.05, 0) is 30.7 Å². The number of hydrogen-bond donors (Lipinski definition) is 1. The third-order valence-corrected chi connectivity index (χ3v) is 3.07. The minimum atomic E-state index is -0.649. The van der Waals surface area contributed by atoms with Crippen LogP contribution in [-0.4, -0.2) is 12.0 Å². The second-order valence-corrected chi connectivity index (χ2v) is 4.60. The number of rotatable bonds is 5. The highest BCUT2D eigenvalue weighted by Crippen LogP contribution is 2.26. The fourth-order valence-corrected chi connectivity index (χ4v) is 2.01. The molecule has 0 saturated heterocycles. The Morgan fingerprint density at radius 1 is 1.29 bits per heavy atom. The van der Waals surface area contributed by atoms with Crippen molar-refractivity contribution in [1.29, 1.82) is 0 Å². The number of nitrogens with zero attached hydrogens (tertiary/aromatic N) is 1. The molecule has 21 heavy (non-hydrogen) atoms. The molecule has 0 aliphatic heterocycles. The van der Waals surface area contributed by atoms with Crippen LogP contribution in [0.15, 0.2) is 42.5 Å². The van der Waals surface area contributed by atoms with Gasteiger partial charge in [-0.15, -0.1) is 0 Å². The van der Waals surface area contributed by atoms with Crippen LogP contribution in [0.1, 0.15) is 18.5 Å². The highest BCUT2D eigenvalue weighted by molar-refractivity contribution is 5.53. The number of non-ortho nitro benzene ring substituents is 1. The minimum absolute atomic E-state index is 0.151. The SMILES string of the molecule is COc1cccc(C(C)Nc2cc(F)cc([N+](=O)[O-])c2)c1. The van der Waals surface area contributed by atoms with E-state index in [4.69, 9.17) is 4.74 Å². The Labute approximate surface area is 121 Å². The van der Waals surface area contributed by atoms with Crippen molar-refractivity contribution in [3.8, 4) is 5.75 Å². The number of nitro benzene ring substituents is 1. The Hall–Kier alpha value is -2.63. The van der Waals surface area contributed by atoms with Crippen LogP contribution in [0.3, 0.4) is 0 Å². The van der Waals surface area contributed by atoms with Gasteiger partial charge in [0.05, 0.1) is 18.1 Å². The van der Waals surface area contributed by atoms with Gasteiger partial charge >= 0.3 is 0 Å². The molecular formula is C15H15FN2O3. The smallest absolute Gasteiger partial charge is 0.274 e. The van der Waals surface area contributed by atoms with Crippen LogP contribution in [0, 0.1) is 15.9 Å². The number of nitrogens with one attached hydrogen (secondary N) is 1. The molecular weight excluding hydrogens is 275 g/mol. The summed E-state index contributed by atoms with van der Waals surface area (Å²) in [6, 6.07) is 10.7. The molecule has 2 aromatic carbocycles. The molecule has 5 nitrogen and oxygen atoms in total. The standard InChI is InChI=1S/C15H15FN2O3/c1-10(11-4-3-5-15(6-11)21-2)17-13-7-12(16)8-14(9-13)18(19)20/h3-10,17H,1-2H3. The average Bonchev–Trinajstić information content (AvgIpc) is 2.46. The predicted octanol–water partition coefficient (Wildman–Crippen LogP) is 3.92. The van der Waals surface area contributed by atoms with Gasteiger partial charge in [-0.1, -0.05) is 12.1 Å². The van der Waals surface area contributed by atoms with Crippen LogP contribution in [0.4, 0.5) is 15.8 Å². The monoisotopic (exact) mass is 290 g/mol. The fraction of sp³-hybridized carbons (Fsp3) is 0.200. The topological polar surface area (TPSA) is 64.4 Å². The van der Waals surface area contributed by atoms with Crippen LogP contribution in [0.25, 0.3) is 0 Å². The first-order valence-electron chi connectivity index (χ1n) is 6.35. The maximum Gasteiger partial charge on any atom is 0.274 e.